The first kappa shape index (κ1) is 17.0. The zero-order valence-electron chi connectivity index (χ0n) is 12.5. The lowest BCUT2D eigenvalue weighted by atomic mass is 10.1. The fraction of sp³-hybridized carbons (Fsp3) is 0.400. The Morgan fingerprint density at radius 3 is 2.40 bits per heavy atom. The van der Waals surface area contributed by atoms with E-state index in [1.165, 1.54) is 15.6 Å². The van der Waals surface area contributed by atoms with Crippen molar-refractivity contribution < 1.29 is 0 Å². The molecule has 0 unspecified atom stereocenters. The summed E-state index contributed by atoms with van der Waals surface area (Å²) < 4.78 is 1.36. The molecule has 0 radical (unpaired) electrons. The number of rotatable bonds is 3. The lowest BCUT2D eigenvalue weighted by molar-refractivity contribution is 0.479. The Morgan fingerprint density at radius 2 is 1.75 bits per heavy atom. The van der Waals surface area contributed by atoms with Crippen LogP contribution in [0.5, 0.6) is 0 Å². The molecule has 0 saturated carbocycles. The van der Waals surface area contributed by atoms with Crippen molar-refractivity contribution in [3.63, 3.8) is 0 Å². The molecule has 3 nitrogen and oxygen atoms in total. The largest absolute Gasteiger partial charge is 0.349 e. The Balaban J connectivity index is 0.00000200. The second kappa shape index (κ2) is 7.64. The van der Waals surface area contributed by atoms with E-state index in [1.54, 1.807) is 0 Å². The van der Waals surface area contributed by atoms with E-state index in [1.807, 2.05) is 49.3 Å². The zero-order valence-corrected chi connectivity index (χ0v) is 15.0. The standard InChI is InChI=1S/C15H21N3S.BrH/c1-17(2)15(18(3)4)16-10-9-12-11-19-14-8-6-5-7-13(12)14;/h5-8,11H,9-10H2,1-4H3;1H. The minimum Gasteiger partial charge on any atom is -0.349 e. The quantitative estimate of drug-likeness (QED) is 0.619. The molecule has 0 amide bonds. The molecule has 110 valence electrons. The van der Waals surface area contributed by atoms with Crippen LogP contribution in [-0.4, -0.2) is 50.5 Å². The van der Waals surface area contributed by atoms with Gasteiger partial charge in [0.15, 0.2) is 5.96 Å². The topological polar surface area (TPSA) is 18.8 Å². The van der Waals surface area contributed by atoms with Gasteiger partial charge in [0.2, 0.25) is 0 Å². The first-order valence-electron chi connectivity index (χ1n) is 6.44. The van der Waals surface area contributed by atoms with Gasteiger partial charge in [-0.2, -0.15) is 0 Å². The first-order valence-corrected chi connectivity index (χ1v) is 7.31. The molecule has 0 saturated heterocycles. The highest BCUT2D eigenvalue weighted by Crippen LogP contribution is 2.25. The van der Waals surface area contributed by atoms with Crippen molar-refractivity contribution in [1.82, 2.24) is 9.80 Å². The zero-order chi connectivity index (χ0) is 13.8. The van der Waals surface area contributed by atoms with Crippen LogP contribution in [0, 0.1) is 0 Å². The Hall–Kier alpha value is -1.07. The predicted octanol–water partition coefficient (Wildman–Crippen LogP) is 3.50. The predicted molar refractivity (Wildman–Crippen MR) is 95.5 cm³/mol. The van der Waals surface area contributed by atoms with E-state index < -0.39 is 0 Å². The average Bonchev–Trinajstić information content (AvgIpc) is 2.77. The van der Waals surface area contributed by atoms with E-state index in [0.717, 1.165) is 18.9 Å². The third kappa shape index (κ3) is 3.96. The van der Waals surface area contributed by atoms with E-state index in [-0.39, 0.29) is 17.0 Å². The van der Waals surface area contributed by atoms with Gasteiger partial charge in [0.05, 0.1) is 0 Å². The maximum absolute atomic E-state index is 4.68. The molecule has 1 aromatic heterocycles. The van der Waals surface area contributed by atoms with E-state index in [4.69, 9.17) is 0 Å². The van der Waals surface area contributed by atoms with Crippen LogP contribution in [-0.2, 0) is 6.42 Å². The summed E-state index contributed by atoms with van der Waals surface area (Å²) in [6, 6.07) is 8.57. The van der Waals surface area contributed by atoms with Crippen molar-refractivity contribution in [2.75, 3.05) is 34.7 Å². The van der Waals surface area contributed by atoms with Gasteiger partial charge in [-0.1, -0.05) is 18.2 Å². The van der Waals surface area contributed by atoms with Crippen molar-refractivity contribution in [3.8, 4) is 0 Å². The molecule has 1 heterocycles. The molecule has 0 spiro atoms. The van der Waals surface area contributed by atoms with Gasteiger partial charge < -0.3 is 9.80 Å². The average molecular weight is 356 g/mol. The molecule has 0 bridgehead atoms. The molecule has 0 atom stereocenters. The smallest absolute Gasteiger partial charge is 0.195 e. The van der Waals surface area contributed by atoms with Crippen LogP contribution in [0.3, 0.4) is 0 Å². The van der Waals surface area contributed by atoms with Crippen LogP contribution in [0.25, 0.3) is 10.1 Å². The highest BCUT2D eigenvalue weighted by atomic mass is 79.9. The summed E-state index contributed by atoms with van der Waals surface area (Å²) in [7, 11) is 8.11. The molecular formula is C15H22BrN3S. The Kier molecular flexibility index (Phi) is 6.49. The molecule has 2 rings (SSSR count). The number of aliphatic imine (C=N–C) groups is 1. The number of fused-ring (bicyclic) bond motifs is 1. The summed E-state index contributed by atoms with van der Waals surface area (Å²) in [4.78, 5) is 8.77. The van der Waals surface area contributed by atoms with Gasteiger partial charge in [0.25, 0.3) is 0 Å². The SMILES string of the molecule is Br.CN(C)C(=NCCc1csc2ccccc12)N(C)C. The Labute approximate surface area is 135 Å². The fourth-order valence-corrected chi connectivity index (χ4v) is 3.18. The maximum atomic E-state index is 4.68. The highest BCUT2D eigenvalue weighted by molar-refractivity contribution is 8.93. The second-order valence-corrected chi connectivity index (χ2v) is 5.89. The van der Waals surface area contributed by atoms with E-state index >= 15 is 0 Å². The van der Waals surface area contributed by atoms with E-state index in [9.17, 15) is 0 Å². The molecule has 0 aliphatic heterocycles. The number of thiophene rings is 1. The van der Waals surface area contributed by atoms with Crippen LogP contribution in [0.4, 0.5) is 0 Å². The van der Waals surface area contributed by atoms with Crippen molar-refractivity contribution >= 4 is 44.4 Å². The second-order valence-electron chi connectivity index (χ2n) is 4.98. The van der Waals surface area contributed by atoms with Crippen LogP contribution in [0.1, 0.15) is 5.56 Å². The lowest BCUT2D eigenvalue weighted by Crippen LogP contribution is -2.35. The number of nitrogens with zero attached hydrogens (tertiary/aromatic N) is 3. The summed E-state index contributed by atoms with van der Waals surface area (Å²) in [5, 5.41) is 3.63. The van der Waals surface area contributed by atoms with Gasteiger partial charge in [0, 0.05) is 39.4 Å². The van der Waals surface area contributed by atoms with Crippen LogP contribution >= 0.6 is 28.3 Å². The highest BCUT2D eigenvalue weighted by Gasteiger charge is 2.05. The maximum Gasteiger partial charge on any atom is 0.195 e. The summed E-state index contributed by atoms with van der Waals surface area (Å²) >= 11 is 1.82. The third-order valence-electron chi connectivity index (χ3n) is 3.00. The third-order valence-corrected chi connectivity index (χ3v) is 4.01. The number of halogens is 1. The van der Waals surface area contributed by atoms with Crippen LogP contribution in [0.2, 0.25) is 0 Å². The van der Waals surface area contributed by atoms with Crippen LogP contribution in [0.15, 0.2) is 34.6 Å². The van der Waals surface area contributed by atoms with Crippen molar-refractivity contribution in [3.05, 3.63) is 35.2 Å². The van der Waals surface area contributed by atoms with Gasteiger partial charge >= 0.3 is 0 Å². The Bertz CT molecular complexity index is 565. The van der Waals surface area contributed by atoms with Gasteiger partial charge in [-0.3, -0.25) is 4.99 Å². The Morgan fingerprint density at radius 1 is 1.10 bits per heavy atom. The van der Waals surface area contributed by atoms with Crippen molar-refractivity contribution in [2.24, 2.45) is 4.99 Å². The monoisotopic (exact) mass is 355 g/mol. The lowest BCUT2D eigenvalue weighted by Gasteiger charge is -2.22. The number of benzene rings is 1. The number of hydrogen-bond donors (Lipinski definition) is 0. The normalized spacial score (nSPS) is 10.0. The molecule has 20 heavy (non-hydrogen) atoms. The minimum atomic E-state index is 0. The molecule has 0 aliphatic rings. The van der Waals surface area contributed by atoms with Crippen LogP contribution < -0.4 is 0 Å². The summed E-state index contributed by atoms with van der Waals surface area (Å²) in [6.07, 6.45) is 0.995. The van der Waals surface area contributed by atoms with Gasteiger partial charge in [-0.05, 0) is 28.8 Å². The summed E-state index contributed by atoms with van der Waals surface area (Å²) in [5.41, 5.74) is 1.40. The molecule has 0 aliphatic carbocycles. The molecule has 2 aromatic rings. The van der Waals surface area contributed by atoms with Gasteiger partial charge in [-0.15, -0.1) is 28.3 Å². The molecule has 1 aromatic carbocycles. The summed E-state index contributed by atoms with van der Waals surface area (Å²) in [5.74, 6) is 1.01. The van der Waals surface area contributed by atoms with Crippen molar-refractivity contribution in [1.29, 1.82) is 0 Å². The van der Waals surface area contributed by atoms with Gasteiger partial charge in [-0.25, -0.2) is 0 Å². The molecule has 0 fully saturated rings. The minimum absolute atomic E-state index is 0. The summed E-state index contributed by atoms with van der Waals surface area (Å²) in [6.45, 7) is 0.826. The fourth-order valence-electron chi connectivity index (χ4n) is 2.19. The molecular weight excluding hydrogens is 334 g/mol. The van der Waals surface area contributed by atoms with E-state index in [0.29, 0.717) is 0 Å². The number of hydrogen-bond acceptors (Lipinski definition) is 2. The first-order chi connectivity index (χ1) is 9.09. The van der Waals surface area contributed by atoms with Crippen molar-refractivity contribution in [2.45, 2.75) is 6.42 Å². The molecule has 0 N–H and O–H groups in total. The number of guanidine groups is 1. The molecule has 5 heteroatoms. The van der Waals surface area contributed by atoms with Gasteiger partial charge in [0.1, 0.15) is 0 Å². The van der Waals surface area contributed by atoms with E-state index in [2.05, 4.69) is 34.6 Å².